The van der Waals surface area contributed by atoms with E-state index in [2.05, 4.69) is 9.88 Å². The summed E-state index contributed by atoms with van der Waals surface area (Å²) in [4.78, 5) is 17.2. The number of nitrogens with zero attached hydrogens (tertiary/aromatic N) is 2. The summed E-state index contributed by atoms with van der Waals surface area (Å²) >= 11 is 5.90. The van der Waals surface area contributed by atoms with Gasteiger partial charge in [-0.2, -0.15) is 0 Å². The topological polar surface area (TPSA) is 56.2 Å². The molecule has 0 bridgehead atoms. The van der Waals surface area contributed by atoms with Gasteiger partial charge in [0.25, 0.3) is 5.91 Å². The van der Waals surface area contributed by atoms with Crippen LogP contribution in [0.4, 0.5) is 0 Å². The summed E-state index contributed by atoms with van der Waals surface area (Å²) in [7, 11) is 0. The van der Waals surface area contributed by atoms with Gasteiger partial charge in [0.15, 0.2) is 0 Å². The number of benzene rings is 3. The highest BCUT2D eigenvalue weighted by Crippen LogP contribution is 2.17. The molecule has 3 aromatic carbocycles. The van der Waals surface area contributed by atoms with Crippen molar-refractivity contribution in [2.24, 2.45) is 0 Å². The van der Waals surface area contributed by atoms with E-state index in [0.717, 1.165) is 35.6 Å². The minimum atomic E-state index is -0.155. The van der Waals surface area contributed by atoms with Gasteiger partial charge < -0.3 is 14.6 Å². The number of ether oxygens (including phenoxy) is 1. The number of para-hydroxylation sites is 3. The number of aryl methyl sites for hydroxylation is 1. The molecule has 0 aliphatic carbocycles. The lowest BCUT2D eigenvalue weighted by Gasteiger charge is -2.11. The molecule has 4 aromatic rings. The van der Waals surface area contributed by atoms with Crippen molar-refractivity contribution in [1.29, 1.82) is 0 Å². The summed E-state index contributed by atoms with van der Waals surface area (Å²) in [5.74, 6) is 1.53. The van der Waals surface area contributed by atoms with Gasteiger partial charge in [-0.05, 0) is 55.0 Å². The zero-order valence-electron chi connectivity index (χ0n) is 16.4. The molecule has 30 heavy (non-hydrogen) atoms. The van der Waals surface area contributed by atoms with E-state index >= 15 is 0 Å². The Labute approximate surface area is 180 Å². The zero-order valence-corrected chi connectivity index (χ0v) is 17.2. The maximum atomic E-state index is 12.5. The highest BCUT2D eigenvalue weighted by molar-refractivity contribution is 6.30. The van der Waals surface area contributed by atoms with E-state index in [1.807, 2.05) is 54.6 Å². The van der Waals surface area contributed by atoms with Gasteiger partial charge in [0.05, 0.1) is 24.2 Å². The van der Waals surface area contributed by atoms with Gasteiger partial charge in [-0.15, -0.1) is 0 Å². The van der Waals surface area contributed by atoms with E-state index in [1.54, 1.807) is 24.3 Å². The molecule has 0 saturated heterocycles. The molecule has 1 amide bonds. The summed E-state index contributed by atoms with van der Waals surface area (Å²) in [6.07, 6.45) is 0.827. The molecule has 1 heterocycles. The third-order valence-corrected chi connectivity index (χ3v) is 5.04. The molecule has 0 saturated carbocycles. The number of fused-ring (bicyclic) bond motifs is 1. The molecule has 0 atom stereocenters. The number of amides is 1. The first-order chi connectivity index (χ1) is 14.7. The third kappa shape index (κ3) is 4.81. The monoisotopic (exact) mass is 419 g/mol. The van der Waals surface area contributed by atoms with E-state index in [9.17, 15) is 4.79 Å². The number of aromatic nitrogens is 2. The molecular formula is C24H22ClN3O2. The number of rotatable bonds is 8. The van der Waals surface area contributed by atoms with Crippen LogP contribution in [0, 0.1) is 0 Å². The third-order valence-electron chi connectivity index (χ3n) is 4.79. The Hall–Kier alpha value is -3.31. The normalized spacial score (nSPS) is 10.8. The van der Waals surface area contributed by atoms with Gasteiger partial charge in [0, 0.05) is 17.1 Å². The zero-order chi connectivity index (χ0) is 20.8. The van der Waals surface area contributed by atoms with Crippen LogP contribution in [-0.2, 0) is 13.1 Å². The van der Waals surface area contributed by atoms with Crippen LogP contribution < -0.4 is 10.1 Å². The standard InChI is InChI=1S/C24H22ClN3O2/c25-19-13-11-18(12-14-19)24(29)26-17-23-27-21-9-4-5-10-22(21)28(23)15-6-16-30-20-7-2-1-3-8-20/h1-5,7-14H,6,15-17H2,(H,26,29). The van der Waals surface area contributed by atoms with Crippen LogP contribution in [0.2, 0.25) is 5.02 Å². The Bertz CT molecular complexity index is 1120. The highest BCUT2D eigenvalue weighted by atomic mass is 35.5. The lowest BCUT2D eigenvalue weighted by atomic mass is 10.2. The number of carbonyl (C=O) groups is 1. The van der Waals surface area contributed by atoms with Crippen molar-refractivity contribution in [1.82, 2.24) is 14.9 Å². The number of halogens is 1. The van der Waals surface area contributed by atoms with Crippen LogP contribution in [0.5, 0.6) is 5.75 Å². The first kappa shape index (κ1) is 20.0. The smallest absolute Gasteiger partial charge is 0.251 e. The lowest BCUT2D eigenvalue weighted by molar-refractivity contribution is 0.0949. The van der Waals surface area contributed by atoms with Crippen LogP contribution in [0.25, 0.3) is 11.0 Å². The second-order valence-electron chi connectivity index (χ2n) is 6.87. The molecule has 1 aromatic heterocycles. The summed E-state index contributed by atoms with van der Waals surface area (Å²) in [6, 6.07) is 24.6. The van der Waals surface area contributed by atoms with E-state index in [-0.39, 0.29) is 5.91 Å². The van der Waals surface area contributed by atoms with E-state index in [0.29, 0.717) is 23.7 Å². The molecule has 0 unspecified atom stereocenters. The van der Waals surface area contributed by atoms with Gasteiger partial charge in [-0.3, -0.25) is 4.79 Å². The van der Waals surface area contributed by atoms with Crippen LogP contribution in [0.1, 0.15) is 22.6 Å². The predicted octanol–water partition coefficient (Wildman–Crippen LogP) is 5.09. The van der Waals surface area contributed by atoms with Crippen molar-refractivity contribution in [3.63, 3.8) is 0 Å². The van der Waals surface area contributed by atoms with Gasteiger partial charge in [0.2, 0.25) is 0 Å². The van der Waals surface area contributed by atoms with Crippen LogP contribution >= 0.6 is 11.6 Å². The van der Waals surface area contributed by atoms with Crippen LogP contribution in [0.15, 0.2) is 78.9 Å². The second kappa shape index (κ2) is 9.46. The molecule has 0 aliphatic rings. The maximum Gasteiger partial charge on any atom is 0.251 e. The van der Waals surface area contributed by atoms with Crippen molar-refractivity contribution in [3.05, 3.63) is 95.3 Å². The molecule has 5 nitrogen and oxygen atoms in total. The molecule has 4 rings (SSSR count). The Kier molecular flexibility index (Phi) is 6.30. The molecule has 1 N–H and O–H groups in total. The largest absolute Gasteiger partial charge is 0.494 e. The van der Waals surface area contributed by atoms with Crippen molar-refractivity contribution in [3.8, 4) is 5.75 Å². The summed E-state index contributed by atoms with van der Waals surface area (Å²) < 4.78 is 7.95. The first-order valence-corrected chi connectivity index (χ1v) is 10.2. The van der Waals surface area contributed by atoms with Crippen molar-refractivity contribution < 1.29 is 9.53 Å². The van der Waals surface area contributed by atoms with Crippen molar-refractivity contribution in [2.45, 2.75) is 19.5 Å². The van der Waals surface area contributed by atoms with E-state index < -0.39 is 0 Å². The number of hydrogen-bond acceptors (Lipinski definition) is 3. The maximum absolute atomic E-state index is 12.5. The van der Waals surface area contributed by atoms with Gasteiger partial charge >= 0.3 is 0 Å². The fourth-order valence-corrected chi connectivity index (χ4v) is 3.43. The fourth-order valence-electron chi connectivity index (χ4n) is 3.30. The summed E-state index contributed by atoms with van der Waals surface area (Å²) in [6.45, 7) is 1.70. The molecule has 0 radical (unpaired) electrons. The fraction of sp³-hybridized carbons (Fsp3) is 0.167. The number of imidazole rings is 1. The van der Waals surface area contributed by atoms with Gasteiger partial charge in [0.1, 0.15) is 11.6 Å². The quantitative estimate of drug-likeness (QED) is 0.405. The predicted molar refractivity (Wildman–Crippen MR) is 119 cm³/mol. The van der Waals surface area contributed by atoms with Crippen LogP contribution in [0.3, 0.4) is 0 Å². The Morgan fingerprint density at radius 2 is 1.70 bits per heavy atom. The van der Waals surface area contributed by atoms with Gasteiger partial charge in [-0.1, -0.05) is 41.9 Å². The Balaban J connectivity index is 1.43. The highest BCUT2D eigenvalue weighted by Gasteiger charge is 2.12. The van der Waals surface area contributed by atoms with Gasteiger partial charge in [-0.25, -0.2) is 4.98 Å². The van der Waals surface area contributed by atoms with E-state index in [4.69, 9.17) is 21.3 Å². The Morgan fingerprint density at radius 3 is 2.50 bits per heavy atom. The average Bonchev–Trinajstić information content (AvgIpc) is 3.14. The molecule has 6 heteroatoms. The molecule has 0 spiro atoms. The minimum absolute atomic E-state index is 0.155. The number of carbonyl (C=O) groups excluding carboxylic acids is 1. The molecule has 152 valence electrons. The second-order valence-corrected chi connectivity index (χ2v) is 7.31. The average molecular weight is 420 g/mol. The molecule has 0 aliphatic heterocycles. The molecular weight excluding hydrogens is 398 g/mol. The van der Waals surface area contributed by atoms with Crippen molar-refractivity contribution in [2.75, 3.05) is 6.61 Å². The SMILES string of the molecule is O=C(NCc1nc2ccccc2n1CCCOc1ccccc1)c1ccc(Cl)cc1. The number of hydrogen-bond donors (Lipinski definition) is 1. The van der Waals surface area contributed by atoms with E-state index in [1.165, 1.54) is 0 Å². The molecule has 0 fully saturated rings. The summed E-state index contributed by atoms with van der Waals surface area (Å²) in [5, 5.41) is 3.56. The number of nitrogens with one attached hydrogen (secondary N) is 1. The minimum Gasteiger partial charge on any atom is -0.494 e. The van der Waals surface area contributed by atoms with Crippen molar-refractivity contribution >= 4 is 28.5 Å². The summed E-state index contributed by atoms with van der Waals surface area (Å²) in [5.41, 5.74) is 2.53. The lowest BCUT2D eigenvalue weighted by Crippen LogP contribution is -2.25. The first-order valence-electron chi connectivity index (χ1n) is 9.86. The Morgan fingerprint density at radius 1 is 0.967 bits per heavy atom. The van der Waals surface area contributed by atoms with Crippen LogP contribution in [-0.4, -0.2) is 22.1 Å².